The number of fused-ring (bicyclic) bond motifs is 4. The van der Waals surface area contributed by atoms with Crippen LogP contribution in [-0.2, 0) is 0 Å². The van der Waals surface area contributed by atoms with E-state index in [9.17, 15) is 0 Å². The molecule has 0 atom stereocenters. The number of anilines is 6. The van der Waals surface area contributed by atoms with Crippen LogP contribution in [0.25, 0.3) is 66.7 Å². The van der Waals surface area contributed by atoms with E-state index in [1.807, 2.05) is 54.6 Å². The SMILES string of the molecule is c1ccc(-c2ccc(N(c3ccccc3)c3cc(N(c4cccc(-c5ccccc5)c4)c4ccc5oc6ccccc6c5c4)cc4nc(-c5ccccc5)oc34)cc2)cc1. The molecule has 0 N–H and O–H groups in total. The maximum Gasteiger partial charge on any atom is 0.227 e. The van der Waals surface area contributed by atoms with E-state index in [0.717, 1.165) is 89.4 Å². The average Bonchev–Trinajstić information content (AvgIpc) is 3.93. The highest BCUT2D eigenvalue weighted by molar-refractivity contribution is 6.07. The first-order valence-corrected chi connectivity index (χ1v) is 20.1. The van der Waals surface area contributed by atoms with Crippen LogP contribution in [0, 0.1) is 0 Å². The Labute approximate surface area is 347 Å². The number of rotatable bonds is 9. The van der Waals surface area contributed by atoms with Crippen LogP contribution in [0.15, 0.2) is 233 Å². The first-order chi connectivity index (χ1) is 29.7. The summed E-state index contributed by atoms with van der Waals surface area (Å²) in [6.07, 6.45) is 0. The van der Waals surface area contributed by atoms with Gasteiger partial charge in [-0.15, -0.1) is 0 Å². The van der Waals surface area contributed by atoms with Gasteiger partial charge in [0.2, 0.25) is 5.89 Å². The van der Waals surface area contributed by atoms with E-state index in [4.69, 9.17) is 13.8 Å². The maximum absolute atomic E-state index is 6.84. The lowest BCUT2D eigenvalue weighted by molar-refractivity contribution is 0.620. The number of hydrogen-bond donors (Lipinski definition) is 0. The lowest BCUT2D eigenvalue weighted by atomic mass is 10.0. The zero-order chi connectivity index (χ0) is 39.8. The van der Waals surface area contributed by atoms with Gasteiger partial charge in [0.1, 0.15) is 16.7 Å². The average molecular weight is 772 g/mol. The molecule has 0 spiro atoms. The van der Waals surface area contributed by atoms with Gasteiger partial charge in [0.25, 0.3) is 0 Å². The fourth-order valence-electron chi connectivity index (χ4n) is 8.19. The Kier molecular flexibility index (Phi) is 8.75. The molecule has 9 aromatic carbocycles. The second-order valence-corrected chi connectivity index (χ2v) is 14.8. The van der Waals surface area contributed by atoms with Crippen molar-refractivity contribution in [1.29, 1.82) is 0 Å². The fourth-order valence-corrected chi connectivity index (χ4v) is 8.19. The van der Waals surface area contributed by atoms with Crippen molar-refractivity contribution in [2.45, 2.75) is 0 Å². The first-order valence-electron chi connectivity index (χ1n) is 20.1. The lowest BCUT2D eigenvalue weighted by Gasteiger charge is -2.29. The predicted molar refractivity (Wildman–Crippen MR) is 247 cm³/mol. The summed E-state index contributed by atoms with van der Waals surface area (Å²) in [7, 11) is 0. The van der Waals surface area contributed by atoms with Crippen LogP contribution in [0.1, 0.15) is 0 Å². The first kappa shape index (κ1) is 35.0. The summed E-state index contributed by atoms with van der Waals surface area (Å²) in [5.74, 6) is 0.556. The Balaban J connectivity index is 1.17. The highest BCUT2D eigenvalue weighted by Crippen LogP contribution is 2.47. The molecule has 2 aromatic heterocycles. The molecule has 5 heteroatoms. The van der Waals surface area contributed by atoms with E-state index < -0.39 is 0 Å². The van der Waals surface area contributed by atoms with Crippen LogP contribution in [0.4, 0.5) is 34.1 Å². The Bertz CT molecular complexity index is 3250. The predicted octanol–water partition coefficient (Wildman–Crippen LogP) is 15.7. The van der Waals surface area contributed by atoms with Crippen LogP contribution in [0.5, 0.6) is 0 Å². The number of benzene rings is 9. The van der Waals surface area contributed by atoms with Gasteiger partial charge in [0.05, 0.1) is 11.4 Å². The van der Waals surface area contributed by atoms with Gasteiger partial charge in [-0.3, -0.25) is 0 Å². The number of nitrogens with zero attached hydrogens (tertiary/aromatic N) is 3. The van der Waals surface area contributed by atoms with Crippen LogP contribution in [-0.4, -0.2) is 4.98 Å². The molecule has 0 unspecified atom stereocenters. The molecule has 11 rings (SSSR count). The number of hydrogen-bond acceptors (Lipinski definition) is 5. The van der Waals surface area contributed by atoms with Crippen LogP contribution >= 0.6 is 0 Å². The summed E-state index contributed by atoms with van der Waals surface area (Å²) >= 11 is 0. The number of para-hydroxylation sites is 2. The summed E-state index contributed by atoms with van der Waals surface area (Å²) < 4.78 is 13.2. The third-order valence-corrected chi connectivity index (χ3v) is 11.1. The lowest BCUT2D eigenvalue weighted by Crippen LogP contribution is -2.13. The van der Waals surface area contributed by atoms with Gasteiger partial charge in [-0.1, -0.05) is 140 Å². The normalized spacial score (nSPS) is 11.3. The van der Waals surface area contributed by atoms with E-state index in [2.05, 4.69) is 180 Å². The molecule has 0 aliphatic rings. The molecule has 5 nitrogen and oxygen atoms in total. The molecule has 11 aromatic rings. The van der Waals surface area contributed by atoms with E-state index in [0.29, 0.717) is 11.5 Å². The van der Waals surface area contributed by atoms with Crippen molar-refractivity contribution in [3.05, 3.63) is 224 Å². The van der Waals surface area contributed by atoms with Gasteiger partial charge < -0.3 is 18.6 Å². The van der Waals surface area contributed by atoms with Gasteiger partial charge in [-0.05, 0) is 107 Å². The monoisotopic (exact) mass is 771 g/mol. The van der Waals surface area contributed by atoms with Gasteiger partial charge in [-0.25, -0.2) is 4.98 Å². The van der Waals surface area contributed by atoms with E-state index in [-0.39, 0.29) is 0 Å². The summed E-state index contributed by atoms with van der Waals surface area (Å²) in [6.45, 7) is 0. The molecule has 0 radical (unpaired) electrons. The van der Waals surface area contributed by atoms with Crippen molar-refractivity contribution in [3.8, 4) is 33.7 Å². The Morgan fingerprint density at radius 1 is 0.317 bits per heavy atom. The molecular formula is C55H37N3O2. The van der Waals surface area contributed by atoms with Crippen molar-refractivity contribution in [1.82, 2.24) is 4.98 Å². The molecule has 0 saturated carbocycles. The number of aromatic nitrogens is 1. The van der Waals surface area contributed by atoms with Crippen LogP contribution in [0.2, 0.25) is 0 Å². The smallest absolute Gasteiger partial charge is 0.227 e. The Morgan fingerprint density at radius 3 is 1.58 bits per heavy atom. The van der Waals surface area contributed by atoms with Crippen molar-refractivity contribution in [2.75, 3.05) is 9.80 Å². The van der Waals surface area contributed by atoms with Crippen molar-refractivity contribution < 1.29 is 8.83 Å². The molecule has 0 bridgehead atoms. The van der Waals surface area contributed by atoms with Gasteiger partial charge >= 0.3 is 0 Å². The molecule has 0 amide bonds. The minimum absolute atomic E-state index is 0.556. The second kappa shape index (κ2) is 15.0. The van der Waals surface area contributed by atoms with Gasteiger partial charge in [0.15, 0.2) is 5.58 Å². The maximum atomic E-state index is 6.84. The molecule has 0 aliphatic heterocycles. The van der Waals surface area contributed by atoms with Crippen LogP contribution < -0.4 is 9.80 Å². The molecule has 284 valence electrons. The second-order valence-electron chi connectivity index (χ2n) is 14.8. The summed E-state index contributed by atoms with van der Waals surface area (Å²) in [4.78, 5) is 9.79. The summed E-state index contributed by atoms with van der Waals surface area (Å²) in [6, 6.07) is 78.0. The molecule has 0 aliphatic carbocycles. The summed E-state index contributed by atoms with van der Waals surface area (Å²) in [5.41, 5.74) is 14.3. The van der Waals surface area contributed by atoms with Crippen LogP contribution in [0.3, 0.4) is 0 Å². The highest BCUT2D eigenvalue weighted by atomic mass is 16.3. The van der Waals surface area contributed by atoms with Gasteiger partial charge in [0, 0.05) is 39.1 Å². The quantitative estimate of drug-likeness (QED) is 0.146. The van der Waals surface area contributed by atoms with Crippen molar-refractivity contribution in [3.63, 3.8) is 0 Å². The van der Waals surface area contributed by atoms with Crippen molar-refractivity contribution in [2.24, 2.45) is 0 Å². The summed E-state index contributed by atoms with van der Waals surface area (Å²) in [5, 5.41) is 2.12. The van der Waals surface area contributed by atoms with Gasteiger partial charge in [-0.2, -0.15) is 0 Å². The minimum Gasteiger partial charge on any atom is -0.456 e. The number of furan rings is 1. The zero-order valence-corrected chi connectivity index (χ0v) is 32.5. The van der Waals surface area contributed by atoms with E-state index in [1.165, 1.54) is 0 Å². The zero-order valence-electron chi connectivity index (χ0n) is 32.5. The third-order valence-electron chi connectivity index (χ3n) is 11.1. The highest BCUT2D eigenvalue weighted by Gasteiger charge is 2.25. The standard InChI is InChI=1S/C55H37N3O2/c1-5-16-38(17-6-1)40-28-30-44(31-29-40)58(43-23-11-4-12-24-43)51-37-47(36-50-54(51)60-55(56-50)41-20-9-3-10-21-41)57(45-25-15-22-42(34-45)39-18-7-2-8-19-39)46-32-33-53-49(35-46)48-26-13-14-27-52(48)59-53/h1-37H. The van der Waals surface area contributed by atoms with E-state index >= 15 is 0 Å². The molecule has 60 heavy (non-hydrogen) atoms. The Morgan fingerprint density at radius 2 is 0.850 bits per heavy atom. The molecule has 2 heterocycles. The minimum atomic E-state index is 0.556. The Hall–Kier alpha value is -8.15. The fraction of sp³-hybridized carbons (Fsp3) is 0. The third kappa shape index (κ3) is 6.45. The molecule has 0 saturated heterocycles. The number of oxazole rings is 1. The molecule has 0 fully saturated rings. The molecular weight excluding hydrogens is 735 g/mol. The largest absolute Gasteiger partial charge is 0.456 e. The topological polar surface area (TPSA) is 45.7 Å². The van der Waals surface area contributed by atoms with Crippen molar-refractivity contribution >= 4 is 67.2 Å². The van der Waals surface area contributed by atoms with E-state index in [1.54, 1.807) is 0 Å².